The van der Waals surface area contributed by atoms with Gasteiger partial charge in [-0.05, 0) is 0 Å². The SMILES string of the molecule is OCC(Br)C(F)F. The minimum Gasteiger partial charge on any atom is -0.395 e. The lowest BCUT2D eigenvalue weighted by Gasteiger charge is -2.00. The van der Waals surface area contributed by atoms with Crippen molar-refractivity contribution in [3.63, 3.8) is 0 Å². The number of hydrogen-bond acceptors (Lipinski definition) is 1. The third-order valence-corrected chi connectivity index (χ3v) is 1.14. The fraction of sp³-hybridized carbons (Fsp3) is 1.00. The Morgan fingerprint density at radius 2 is 2.00 bits per heavy atom. The predicted octanol–water partition coefficient (Wildman–Crippen LogP) is 1.01. The first kappa shape index (κ1) is 7.30. The molecule has 0 aromatic rings. The van der Waals surface area contributed by atoms with Crippen molar-refractivity contribution in [1.82, 2.24) is 0 Å². The molecular formula is C3H5BrF2O. The van der Waals surface area contributed by atoms with Gasteiger partial charge in [-0.3, -0.25) is 0 Å². The molecule has 0 aliphatic heterocycles. The zero-order valence-electron chi connectivity index (χ0n) is 3.44. The molecule has 0 bridgehead atoms. The highest BCUT2D eigenvalue weighted by molar-refractivity contribution is 9.09. The lowest BCUT2D eigenvalue weighted by atomic mass is 10.5. The van der Waals surface area contributed by atoms with Crippen LogP contribution >= 0.6 is 15.9 Å². The van der Waals surface area contributed by atoms with Gasteiger partial charge in [0.2, 0.25) is 0 Å². The van der Waals surface area contributed by atoms with E-state index in [9.17, 15) is 8.78 Å². The molecule has 0 aromatic heterocycles. The fourth-order valence-corrected chi connectivity index (χ4v) is 0.0797. The van der Waals surface area contributed by atoms with E-state index in [-0.39, 0.29) is 0 Å². The molecule has 1 atom stereocenters. The van der Waals surface area contributed by atoms with E-state index in [0.29, 0.717) is 0 Å². The Morgan fingerprint density at radius 1 is 1.57 bits per heavy atom. The summed E-state index contributed by atoms with van der Waals surface area (Å²) in [5.41, 5.74) is 0. The van der Waals surface area contributed by atoms with Crippen molar-refractivity contribution in [2.75, 3.05) is 6.61 Å². The molecular weight excluding hydrogens is 170 g/mol. The van der Waals surface area contributed by atoms with Gasteiger partial charge < -0.3 is 5.11 Å². The smallest absolute Gasteiger partial charge is 0.253 e. The Morgan fingerprint density at radius 3 is 2.00 bits per heavy atom. The minimum atomic E-state index is -2.47. The topological polar surface area (TPSA) is 20.2 Å². The normalized spacial score (nSPS) is 15.0. The van der Waals surface area contributed by atoms with E-state index in [2.05, 4.69) is 15.9 Å². The van der Waals surface area contributed by atoms with Crippen LogP contribution in [0.2, 0.25) is 0 Å². The fourth-order valence-electron chi connectivity index (χ4n) is 0.0797. The summed E-state index contributed by atoms with van der Waals surface area (Å²) >= 11 is 2.54. The van der Waals surface area contributed by atoms with Gasteiger partial charge in [-0.15, -0.1) is 0 Å². The Labute approximate surface area is 48.5 Å². The van der Waals surface area contributed by atoms with Crippen molar-refractivity contribution >= 4 is 15.9 Å². The summed E-state index contributed by atoms with van der Waals surface area (Å²) < 4.78 is 22.4. The summed E-state index contributed by atoms with van der Waals surface area (Å²) in [4.78, 5) is -1.06. The first-order chi connectivity index (χ1) is 3.18. The van der Waals surface area contributed by atoms with Crippen LogP contribution in [-0.2, 0) is 0 Å². The van der Waals surface area contributed by atoms with Gasteiger partial charge in [-0.25, -0.2) is 8.78 Å². The van der Waals surface area contributed by atoms with Crippen molar-refractivity contribution in [2.45, 2.75) is 11.3 Å². The van der Waals surface area contributed by atoms with E-state index in [4.69, 9.17) is 5.11 Å². The maximum Gasteiger partial charge on any atom is 0.253 e. The number of halogens is 3. The Bertz CT molecular complexity index is 50.2. The number of hydrogen-bond donors (Lipinski definition) is 1. The number of rotatable bonds is 2. The monoisotopic (exact) mass is 174 g/mol. The first-order valence-electron chi connectivity index (χ1n) is 1.71. The standard InChI is InChI=1S/C3H5BrF2O/c4-2(1-7)3(5)6/h2-3,7H,1H2. The van der Waals surface area contributed by atoms with Crippen molar-refractivity contribution in [3.05, 3.63) is 0 Å². The molecule has 0 aromatic carbocycles. The molecule has 1 N–H and O–H groups in total. The Kier molecular flexibility index (Phi) is 3.46. The van der Waals surface area contributed by atoms with Crippen molar-refractivity contribution in [3.8, 4) is 0 Å². The van der Waals surface area contributed by atoms with Gasteiger partial charge in [0.15, 0.2) is 0 Å². The summed E-state index contributed by atoms with van der Waals surface area (Å²) in [6.45, 7) is -0.516. The van der Waals surface area contributed by atoms with Gasteiger partial charge >= 0.3 is 0 Å². The molecule has 0 rings (SSSR count). The molecule has 4 heteroatoms. The lowest BCUT2D eigenvalue weighted by molar-refractivity contribution is 0.119. The molecule has 0 aliphatic carbocycles. The zero-order valence-corrected chi connectivity index (χ0v) is 5.03. The highest BCUT2D eigenvalue weighted by Gasteiger charge is 2.13. The van der Waals surface area contributed by atoms with Crippen molar-refractivity contribution in [1.29, 1.82) is 0 Å². The predicted molar refractivity (Wildman–Crippen MR) is 25.8 cm³/mol. The average Bonchev–Trinajstić information content (AvgIpc) is 1.65. The van der Waals surface area contributed by atoms with Gasteiger partial charge in [0.05, 0.1) is 11.4 Å². The summed E-state index contributed by atoms with van der Waals surface area (Å²) in [5.74, 6) is 0. The minimum absolute atomic E-state index is 0.516. The molecule has 1 unspecified atom stereocenters. The van der Waals surface area contributed by atoms with Crippen LogP contribution in [-0.4, -0.2) is 23.0 Å². The van der Waals surface area contributed by atoms with Crippen LogP contribution < -0.4 is 0 Å². The van der Waals surface area contributed by atoms with Crippen LogP contribution in [0.25, 0.3) is 0 Å². The van der Waals surface area contributed by atoms with Gasteiger partial charge in [-0.2, -0.15) is 0 Å². The molecule has 7 heavy (non-hydrogen) atoms. The maximum atomic E-state index is 11.2. The Balaban J connectivity index is 3.14. The van der Waals surface area contributed by atoms with E-state index in [1.807, 2.05) is 0 Å². The van der Waals surface area contributed by atoms with Crippen LogP contribution in [0.5, 0.6) is 0 Å². The van der Waals surface area contributed by atoms with Crippen LogP contribution in [0.15, 0.2) is 0 Å². The average molecular weight is 175 g/mol. The second kappa shape index (κ2) is 3.32. The molecule has 0 amide bonds. The Hall–Kier alpha value is 0.300. The molecule has 0 saturated heterocycles. The van der Waals surface area contributed by atoms with E-state index in [1.54, 1.807) is 0 Å². The molecule has 0 spiro atoms. The summed E-state index contributed by atoms with van der Waals surface area (Å²) in [5, 5.41) is 7.98. The summed E-state index contributed by atoms with van der Waals surface area (Å²) in [7, 11) is 0. The van der Waals surface area contributed by atoms with Crippen LogP contribution in [0.4, 0.5) is 8.78 Å². The number of aliphatic hydroxyl groups excluding tert-OH is 1. The van der Waals surface area contributed by atoms with Crippen LogP contribution in [0.1, 0.15) is 0 Å². The van der Waals surface area contributed by atoms with Crippen molar-refractivity contribution < 1.29 is 13.9 Å². The third kappa shape index (κ3) is 2.93. The van der Waals surface area contributed by atoms with Gasteiger partial charge in [0, 0.05) is 0 Å². The molecule has 1 nitrogen and oxygen atoms in total. The van der Waals surface area contributed by atoms with E-state index >= 15 is 0 Å². The zero-order chi connectivity index (χ0) is 5.86. The summed E-state index contributed by atoms with van der Waals surface area (Å²) in [6.07, 6.45) is -2.47. The number of aliphatic hydroxyl groups is 1. The molecule has 0 heterocycles. The highest BCUT2D eigenvalue weighted by Crippen LogP contribution is 2.08. The quantitative estimate of drug-likeness (QED) is 0.620. The lowest BCUT2D eigenvalue weighted by Crippen LogP contribution is -2.13. The highest BCUT2D eigenvalue weighted by atomic mass is 79.9. The molecule has 0 fully saturated rings. The van der Waals surface area contributed by atoms with Gasteiger partial charge in [0.25, 0.3) is 6.43 Å². The second-order valence-electron chi connectivity index (χ2n) is 1.03. The third-order valence-electron chi connectivity index (χ3n) is 0.448. The molecule has 44 valence electrons. The second-order valence-corrected chi connectivity index (χ2v) is 2.21. The largest absolute Gasteiger partial charge is 0.395 e. The van der Waals surface area contributed by atoms with Crippen LogP contribution in [0.3, 0.4) is 0 Å². The maximum absolute atomic E-state index is 11.2. The molecule has 0 radical (unpaired) electrons. The first-order valence-corrected chi connectivity index (χ1v) is 2.63. The summed E-state index contributed by atoms with van der Waals surface area (Å²) in [6, 6.07) is 0. The van der Waals surface area contributed by atoms with Gasteiger partial charge in [-0.1, -0.05) is 15.9 Å². The van der Waals surface area contributed by atoms with Gasteiger partial charge in [0.1, 0.15) is 0 Å². The van der Waals surface area contributed by atoms with E-state index in [0.717, 1.165) is 0 Å². The van der Waals surface area contributed by atoms with Crippen molar-refractivity contribution in [2.24, 2.45) is 0 Å². The van der Waals surface area contributed by atoms with E-state index in [1.165, 1.54) is 0 Å². The van der Waals surface area contributed by atoms with E-state index < -0.39 is 17.9 Å². The molecule has 0 aliphatic rings. The molecule has 0 saturated carbocycles. The van der Waals surface area contributed by atoms with Crippen LogP contribution in [0, 0.1) is 0 Å². The number of alkyl halides is 3.